The zero-order valence-electron chi connectivity index (χ0n) is 16.1. The number of nitrogens with zero attached hydrogens (tertiary/aromatic N) is 2. The number of methoxy groups -OCH3 is 1. The zero-order chi connectivity index (χ0) is 20.1. The number of ether oxygens (including phenoxy) is 1. The van der Waals surface area contributed by atoms with E-state index in [0.29, 0.717) is 30.3 Å². The van der Waals surface area contributed by atoms with Crippen molar-refractivity contribution in [1.82, 2.24) is 14.8 Å². The lowest BCUT2D eigenvalue weighted by molar-refractivity contribution is 0.0943. The molecule has 0 spiro atoms. The van der Waals surface area contributed by atoms with Crippen molar-refractivity contribution in [2.75, 3.05) is 20.2 Å². The van der Waals surface area contributed by atoms with E-state index in [-0.39, 0.29) is 17.0 Å². The lowest BCUT2D eigenvalue weighted by Gasteiger charge is -2.20. The van der Waals surface area contributed by atoms with Crippen molar-refractivity contribution >= 4 is 15.9 Å². The lowest BCUT2D eigenvalue weighted by atomic mass is 10.2. The fourth-order valence-corrected chi connectivity index (χ4v) is 4.76. The fraction of sp³-hybridized carbons (Fsp3) is 0.474. The summed E-state index contributed by atoms with van der Waals surface area (Å²) in [6.45, 7) is 2.93. The van der Waals surface area contributed by atoms with Crippen LogP contribution in [0.25, 0.3) is 0 Å². The number of carbonyl (C=O) groups is 1. The topological polar surface area (TPSA) is 102 Å². The van der Waals surface area contributed by atoms with E-state index >= 15 is 0 Å². The third-order valence-electron chi connectivity index (χ3n) is 4.72. The number of sulfonamides is 1. The summed E-state index contributed by atoms with van der Waals surface area (Å²) in [6, 6.07) is 6.09. The minimum Gasteiger partial charge on any atom is -0.496 e. The minimum absolute atomic E-state index is 0.0934. The van der Waals surface area contributed by atoms with Crippen molar-refractivity contribution in [3.05, 3.63) is 41.3 Å². The second kappa shape index (κ2) is 8.74. The molecule has 1 aromatic carbocycles. The monoisotopic (exact) mass is 407 g/mol. The molecule has 1 aliphatic rings. The summed E-state index contributed by atoms with van der Waals surface area (Å²) < 4.78 is 37.9. The number of benzene rings is 1. The molecular formula is C19H25N3O5S. The Morgan fingerprint density at radius 2 is 1.93 bits per heavy atom. The van der Waals surface area contributed by atoms with Crippen LogP contribution in [0.15, 0.2) is 33.7 Å². The maximum atomic E-state index is 13.0. The van der Waals surface area contributed by atoms with Crippen molar-refractivity contribution in [3.8, 4) is 5.75 Å². The molecule has 2 heterocycles. The van der Waals surface area contributed by atoms with Gasteiger partial charge >= 0.3 is 0 Å². The van der Waals surface area contributed by atoms with E-state index in [1.807, 2.05) is 0 Å². The highest BCUT2D eigenvalue weighted by Crippen LogP contribution is 2.26. The standard InChI is InChI=1S/C19H25N3O5S/c1-14-11-15(27-21-14)13-20-19(23)17-12-16(7-8-18(17)26-2)28(24,25)22-9-5-3-4-6-10-22/h7-8,11-12H,3-6,9-10,13H2,1-2H3,(H,20,23). The molecule has 3 rings (SSSR count). The van der Waals surface area contributed by atoms with Gasteiger partial charge in [0.25, 0.3) is 5.91 Å². The molecule has 1 amide bonds. The van der Waals surface area contributed by atoms with Gasteiger partial charge in [0.05, 0.1) is 29.8 Å². The Balaban J connectivity index is 1.83. The largest absolute Gasteiger partial charge is 0.496 e. The number of aromatic nitrogens is 1. The quantitative estimate of drug-likeness (QED) is 0.789. The Kier molecular flexibility index (Phi) is 6.35. The number of hydrogen-bond donors (Lipinski definition) is 1. The number of nitrogens with one attached hydrogen (secondary N) is 1. The molecule has 9 heteroatoms. The summed E-state index contributed by atoms with van der Waals surface area (Å²) in [5.74, 6) is 0.373. The molecule has 152 valence electrons. The molecule has 0 radical (unpaired) electrons. The average Bonchev–Trinajstić information content (AvgIpc) is 2.93. The van der Waals surface area contributed by atoms with Crippen LogP contribution in [0.5, 0.6) is 5.75 Å². The van der Waals surface area contributed by atoms with Gasteiger partial charge in [0.2, 0.25) is 10.0 Å². The summed E-state index contributed by atoms with van der Waals surface area (Å²) in [5, 5.41) is 6.48. The van der Waals surface area contributed by atoms with Crippen molar-refractivity contribution in [1.29, 1.82) is 0 Å². The minimum atomic E-state index is -3.66. The van der Waals surface area contributed by atoms with Gasteiger partial charge in [-0.1, -0.05) is 18.0 Å². The van der Waals surface area contributed by atoms with Crippen LogP contribution in [0.4, 0.5) is 0 Å². The van der Waals surface area contributed by atoms with Gasteiger partial charge in [0.1, 0.15) is 5.75 Å². The zero-order valence-corrected chi connectivity index (χ0v) is 16.9. The van der Waals surface area contributed by atoms with E-state index in [4.69, 9.17) is 9.26 Å². The van der Waals surface area contributed by atoms with Crippen molar-refractivity contribution in [2.24, 2.45) is 0 Å². The van der Waals surface area contributed by atoms with Crippen LogP contribution in [0, 0.1) is 6.92 Å². The van der Waals surface area contributed by atoms with Gasteiger partial charge in [-0.2, -0.15) is 4.31 Å². The Morgan fingerprint density at radius 1 is 1.21 bits per heavy atom. The first-order valence-electron chi connectivity index (χ1n) is 9.30. The molecule has 28 heavy (non-hydrogen) atoms. The van der Waals surface area contributed by atoms with Crippen LogP contribution in [-0.4, -0.2) is 44.0 Å². The summed E-state index contributed by atoms with van der Waals surface area (Å²) in [4.78, 5) is 12.7. The van der Waals surface area contributed by atoms with Gasteiger partial charge in [0, 0.05) is 19.2 Å². The maximum Gasteiger partial charge on any atom is 0.255 e. The van der Waals surface area contributed by atoms with Crippen LogP contribution in [-0.2, 0) is 16.6 Å². The van der Waals surface area contributed by atoms with Crippen LogP contribution in [0.1, 0.15) is 47.5 Å². The third kappa shape index (κ3) is 4.53. The second-order valence-corrected chi connectivity index (χ2v) is 8.74. The highest BCUT2D eigenvalue weighted by Gasteiger charge is 2.27. The maximum absolute atomic E-state index is 13.0. The first-order chi connectivity index (χ1) is 13.4. The number of amides is 1. The Morgan fingerprint density at radius 3 is 2.54 bits per heavy atom. The molecule has 0 saturated carbocycles. The van der Waals surface area contributed by atoms with Gasteiger partial charge in [0.15, 0.2) is 5.76 Å². The van der Waals surface area contributed by atoms with E-state index in [9.17, 15) is 13.2 Å². The van der Waals surface area contributed by atoms with Gasteiger partial charge in [-0.05, 0) is 38.0 Å². The average molecular weight is 407 g/mol. The first-order valence-corrected chi connectivity index (χ1v) is 10.7. The van der Waals surface area contributed by atoms with Crippen molar-refractivity contribution in [2.45, 2.75) is 44.0 Å². The van der Waals surface area contributed by atoms with Crippen LogP contribution in [0.2, 0.25) is 0 Å². The molecule has 8 nitrogen and oxygen atoms in total. The molecule has 0 unspecified atom stereocenters. The number of aryl methyl sites for hydroxylation is 1. The number of hydrogen-bond acceptors (Lipinski definition) is 6. The van der Waals surface area contributed by atoms with Crippen LogP contribution in [0.3, 0.4) is 0 Å². The van der Waals surface area contributed by atoms with Crippen molar-refractivity contribution in [3.63, 3.8) is 0 Å². The van der Waals surface area contributed by atoms with Crippen LogP contribution < -0.4 is 10.1 Å². The van der Waals surface area contributed by atoms with Gasteiger partial charge in [-0.15, -0.1) is 0 Å². The summed E-state index contributed by atoms with van der Waals surface area (Å²) in [7, 11) is -2.22. The predicted octanol–water partition coefficient (Wildman–Crippen LogP) is 2.49. The molecule has 2 aromatic rings. The second-order valence-electron chi connectivity index (χ2n) is 6.80. The van der Waals surface area contributed by atoms with Gasteiger partial charge in [-0.25, -0.2) is 8.42 Å². The number of carbonyl (C=O) groups excluding carboxylic acids is 1. The Bertz CT molecular complexity index is 931. The fourth-order valence-electron chi connectivity index (χ4n) is 3.22. The van der Waals surface area contributed by atoms with Gasteiger partial charge in [-0.3, -0.25) is 4.79 Å². The Hall–Kier alpha value is -2.39. The lowest BCUT2D eigenvalue weighted by Crippen LogP contribution is -2.32. The summed E-state index contributed by atoms with van der Waals surface area (Å²) in [5.41, 5.74) is 0.877. The molecule has 0 bridgehead atoms. The molecule has 1 aromatic heterocycles. The molecule has 0 aliphatic carbocycles. The summed E-state index contributed by atoms with van der Waals surface area (Å²) in [6.07, 6.45) is 3.76. The third-order valence-corrected chi connectivity index (χ3v) is 6.61. The predicted molar refractivity (Wildman–Crippen MR) is 103 cm³/mol. The van der Waals surface area contributed by atoms with E-state index in [1.165, 1.54) is 29.6 Å². The van der Waals surface area contributed by atoms with Gasteiger partial charge < -0.3 is 14.6 Å². The highest BCUT2D eigenvalue weighted by atomic mass is 32.2. The molecular weight excluding hydrogens is 382 g/mol. The first kappa shape index (κ1) is 20.3. The molecule has 1 aliphatic heterocycles. The normalized spacial score (nSPS) is 15.8. The molecule has 0 atom stereocenters. The smallest absolute Gasteiger partial charge is 0.255 e. The van der Waals surface area contributed by atoms with E-state index in [1.54, 1.807) is 13.0 Å². The highest BCUT2D eigenvalue weighted by molar-refractivity contribution is 7.89. The van der Waals surface area contributed by atoms with E-state index in [0.717, 1.165) is 25.7 Å². The SMILES string of the molecule is COc1ccc(S(=O)(=O)N2CCCCCC2)cc1C(=O)NCc1cc(C)no1. The van der Waals surface area contributed by atoms with Crippen LogP contribution >= 0.6 is 0 Å². The number of rotatable bonds is 6. The Labute approximate surface area is 164 Å². The van der Waals surface area contributed by atoms with E-state index < -0.39 is 15.9 Å². The molecule has 1 fully saturated rings. The summed E-state index contributed by atoms with van der Waals surface area (Å²) >= 11 is 0. The molecule has 1 N–H and O–H groups in total. The van der Waals surface area contributed by atoms with E-state index in [2.05, 4.69) is 10.5 Å². The van der Waals surface area contributed by atoms with Crippen molar-refractivity contribution < 1.29 is 22.5 Å². The molecule has 1 saturated heterocycles.